The summed E-state index contributed by atoms with van der Waals surface area (Å²) in [5.41, 5.74) is 1.40. The first-order chi connectivity index (χ1) is 14.0. The molecule has 29 heavy (non-hydrogen) atoms. The van der Waals surface area contributed by atoms with Gasteiger partial charge in [-0.05, 0) is 18.6 Å². The van der Waals surface area contributed by atoms with Crippen molar-refractivity contribution >= 4 is 17.5 Å². The number of hydrogen-bond acceptors (Lipinski definition) is 6. The van der Waals surface area contributed by atoms with Gasteiger partial charge in [0, 0.05) is 70.9 Å². The molecule has 1 atom stereocenters. The van der Waals surface area contributed by atoms with Crippen LogP contribution in [0.15, 0.2) is 18.3 Å². The SMILES string of the molecule is CN(C)C(=O)N1CCC(c2nnc3ccc(C(=O)CCN4CCOCC4)cn23)C1. The highest BCUT2D eigenvalue weighted by atomic mass is 16.5. The number of carbonyl (C=O) groups is 2. The number of aromatic nitrogens is 3. The molecule has 0 saturated carbocycles. The smallest absolute Gasteiger partial charge is 0.319 e. The van der Waals surface area contributed by atoms with E-state index >= 15 is 0 Å². The Balaban J connectivity index is 1.46. The maximum Gasteiger partial charge on any atom is 0.319 e. The highest BCUT2D eigenvalue weighted by Crippen LogP contribution is 2.27. The Morgan fingerprint density at radius 3 is 2.72 bits per heavy atom. The fourth-order valence-electron chi connectivity index (χ4n) is 4.01. The Bertz CT molecular complexity index is 889. The second-order valence-corrected chi connectivity index (χ2v) is 7.94. The number of morpholine rings is 1. The summed E-state index contributed by atoms with van der Waals surface area (Å²) in [6.45, 7) is 5.30. The van der Waals surface area contributed by atoms with E-state index in [-0.39, 0.29) is 17.7 Å². The van der Waals surface area contributed by atoms with Crippen molar-refractivity contribution in [3.05, 3.63) is 29.7 Å². The van der Waals surface area contributed by atoms with E-state index in [4.69, 9.17) is 4.74 Å². The molecule has 9 heteroatoms. The summed E-state index contributed by atoms with van der Waals surface area (Å²) in [6.07, 6.45) is 3.18. The number of amides is 2. The van der Waals surface area contributed by atoms with E-state index in [1.54, 1.807) is 19.0 Å². The number of Topliss-reactive ketones (excluding diaryl/α,β-unsaturated/α-hetero) is 1. The zero-order chi connectivity index (χ0) is 20.4. The molecule has 1 unspecified atom stereocenters. The number of hydrogen-bond donors (Lipinski definition) is 0. The largest absolute Gasteiger partial charge is 0.379 e. The molecule has 2 saturated heterocycles. The molecule has 4 heterocycles. The maximum absolute atomic E-state index is 12.7. The van der Waals surface area contributed by atoms with Crippen LogP contribution < -0.4 is 0 Å². The van der Waals surface area contributed by atoms with Crippen LogP contribution in [0.4, 0.5) is 4.79 Å². The molecule has 0 radical (unpaired) electrons. The molecular formula is C20H28N6O3. The summed E-state index contributed by atoms with van der Waals surface area (Å²) in [7, 11) is 3.52. The molecule has 2 aromatic rings. The van der Waals surface area contributed by atoms with Gasteiger partial charge < -0.3 is 14.5 Å². The quantitative estimate of drug-likeness (QED) is 0.699. The second-order valence-electron chi connectivity index (χ2n) is 7.94. The predicted octanol–water partition coefficient (Wildman–Crippen LogP) is 1.11. The van der Waals surface area contributed by atoms with Gasteiger partial charge in [0.05, 0.1) is 13.2 Å². The van der Waals surface area contributed by atoms with Gasteiger partial charge in [0.25, 0.3) is 0 Å². The van der Waals surface area contributed by atoms with Crippen LogP contribution in [0.1, 0.15) is 34.9 Å². The molecule has 156 valence electrons. The lowest BCUT2D eigenvalue weighted by molar-refractivity contribution is 0.0370. The number of pyridine rings is 1. The third kappa shape index (κ3) is 4.25. The van der Waals surface area contributed by atoms with Gasteiger partial charge >= 0.3 is 6.03 Å². The number of fused-ring (bicyclic) bond motifs is 1. The van der Waals surface area contributed by atoms with Gasteiger partial charge in [0.2, 0.25) is 0 Å². The van der Waals surface area contributed by atoms with Crippen molar-refractivity contribution in [3.8, 4) is 0 Å². The zero-order valence-corrected chi connectivity index (χ0v) is 17.1. The average Bonchev–Trinajstić information content (AvgIpc) is 3.38. The Labute approximate surface area is 170 Å². The Morgan fingerprint density at radius 2 is 1.97 bits per heavy atom. The van der Waals surface area contributed by atoms with Crippen molar-refractivity contribution in [2.75, 3.05) is 60.0 Å². The number of nitrogens with zero attached hydrogens (tertiary/aromatic N) is 6. The van der Waals surface area contributed by atoms with Gasteiger partial charge in [-0.2, -0.15) is 0 Å². The molecule has 0 N–H and O–H groups in total. The van der Waals surface area contributed by atoms with Gasteiger partial charge in [-0.3, -0.25) is 14.1 Å². The third-order valence-corrected chi connectivity index (χ3v) is 5.72. The molecule has 2 aliphatic rings. The van der Waals surface area contributed by atoms with Crippen LogP contribution in [0.25, 0.3) is 5.65 Å². The van der Waals surface area contributed by atoms with Gasteiger partial charge in [-0.1, -0.05) is 0 Å². The highest BCUT2D eigenvalue weighted by Gasteiger charge is 2.31. The van der Waals surface area contributed by atoms with Crippen molar-refractivity contribution in [1.82, 2.24) is 29.3 Å². The maximum atomic E-state index is 12.7. The van der Waals surface area contributed by atoms with E-state index in [1.807, 2.05) is 27.6 Å². The van der Waals surface area contributed by atoms with Crippen LogP contribution >= 0.6 is 0 Å². The fourth-order valence-corrected chi connectivity index (χ4v) is 4.01. The molecule has 0 spiro atoms. The van der Waals surface area contributed by atoms with Crippen molar-refractivity contribution in [2.45, 2.75) is 18.8 Å². The first kappa shape index (κ1) is 19.8. The normalized spacial score (nSPS) is 20.3. The predicted molar refractivity (Wildman–Crippen MR) is 107 cm³/mol. The van der Waals surface area contributed by atoms with Crippen molar-refractivity contribution in [3.63, 3.8) is 0 Å². The minimum Gasteiger partial charge on any atom is -0.379 e. The van der Waals surface area contributed by atoms with Crippen LogP contribution in [0, 0.1) is 0 Å². The molecule has 0 aromatic carbocycles. The van der Waals surface area contributed by atoms with Crippen LogP contribution in [0.2, 0.25) is 0 Å². The van der Waals surface area contributed by atoms with E-state index in [9.17, 15) is 9.59 Å². The minimum atomic E-state index is 0.0142. The summed E-state index contributed by atoms with van der Waals surface area (Å²) in [4.78, 5) is 30.6. The van der Waals surface area contributed by atoms with Crippen molar-refractivity contribution < 1.29 is 14.3 Å². The highest BCUT2D eigenvalue weighted by molar-refractivity contribution is 5.96. The number of urea groups is 1. The molecule has 0 bridgehead atoms. The number of ketones is 1. The van der Waals surface area contributed by atoms with Crippen LogP contribution in [-0.2, 0) is 4.74 Å². The molecule has 9 nitrogen and oxygen atoms in total. The molecule has 2 amide bonds. The van der Waals surface area contributed by atoms with Gasteiger partial charge in [-0.15, -0.1) is 10.2 Å². The van der Waals surface area contributed by atoms with E-state index in [0.717, 1.165) is 50.7 Å². The molecular weight excluding hydrogens is 372 g/mol. The monoisotopic (exact) mass is 400 g/mol. The molecule has 2 aliphatic heterocycles. The van der Waals surface area contributed by atoms with Crippen LogP contribution in [-0.4, -0.2) is 101 Å². The second kappa shape index (κ2) is 8.46. The average molecular weight is 400 g/mol. The first-order valence-electron chi connectivity index (χ1n) is 10.2. The fraction of sp³-hybridized carbons (Fsp3) is 0.600. The van der Waals surface area contributed by atoms with E-state index < -0.39 is 0 Å². The number of rotatable bonds is 5. The Kier molecular flexibility index (Phi) is 5.77. The van der Waals surface area contributed by atoms with Gasteiger partial charge in [0.1, 0.15) is 5.82 Å². The third-order valence-electron chi connectivity index (χ3n) is 5.72. The molecule has 4 rings (SSSR count). The summed E-state index contributed by atoms with van der Waals surface area (Å²) in [6, 6.07) is 3.68. The summed E-state index contributed by atoms with van der Waals surface area (Å²) >= 11 is 0. The Morgan fingerprint density at radius 1 is 1.17 bits per heavy atom. The number of carbonyl (C=O) groups excluding carboxylic acids is 2. The topological polar surface area (TPSA) is 83.3 Å². The van der Waals surface area contributed by atoms with E-state index in [0.29, 0.717) is 25.1 Å². The van der Waals surface area contributed by atoms with Gasteiger partial charge in [-0.25, -0.2) is 4.79 Å². The number of ether oxygens (including phenoxy) is 1. The van der Waals surface area contributed by atoms with E-state index in [1.165, 1.54) is 0 Å². The summed E-state index contributed by atoms with van der Waals surface area (Å²) < 4.78 is 7.27. The van der Waals surface area contributed by atoms with Crippen molar-refractivity contribution in [1.29, 1.82) is 0 Å². The van der Waals surface area contributed by atoms with Gasteiger partial charge in [0.15, 0.2) is 11.4 Å². The minimum absolute atomic E-state index is 0.0142. The zero-order valence-electron chi connectivity index (χ0n) is 17.1. The molecule has 0 aliphatic carbocycles. The first-order valence-corrected chi connectivity index (χ1v) is 10.2. The lowest BCUT2D eigenvalue weighted by Gasteiger charge is -2.26. The molecule has 2 fully saturated rings. The van der Waals surface area contributed by atoms with E-state index in [2.05, 4.69) is 15.1 Å². The van der Waals surface area contributed by atoms with Crippen molar-refractivity contribution in [2.24, 2.45) is 0 Å². The summed E-state index contributed by atoms with van der Waals surface area (Å²) in [5, 5.41) is 8.62. The van der Waals surface area contributed by atoms with Crippen LogP contribution in [0.3, 0.4) is 0 Å². The lowest BCUT2D eigenvalue weighted by atomic mass is 10.1. The van der Waals surface area contributed by atoms with Crippen LogP contribution in [0.5, 0.6) is 0 Å². The number of likely N-dealkylation sites (tertiary alicyclic amines) is 1. The standard InChI is InChI=1S/C20H28N6O3/c1-23(2)20(28)25-8-5-16(13-25)19-22-21-18-4-3-15(14-26(18)19)17(27)6-7-24-9-11-29-12-10-24/h3-4,14,16H,5-13H2,1-2H3. The Hall–Kier alpha value is -2.52. The molecule has 2 aromatic heterocycles. The summed E-state index contributed by atoms with van der Waals surface area (Å²) in [5.74, 6) is 1.05. The lowest BCUT2D eigenvalue weighted by Crippen LogP contribution is -2.37.